The number of nitro groups is 1. The third kappa shape index (κ3) is 2.66. The van der Waals surface area contributed by atoms with Crippen LogP contribution in [0.5, 0.6) is 0 Å². The Labute approximate surface area is 92.9 Å². The number of nitrogens with zero attached hydrogens (tertiary/aromatic N) is 1. The fraction of sp³-hybridized carbons (Fsp3) is 0.182. The van der Waals surface area contributed by atoms with E-state index in [-0.39, 0.29) is 5.69 Å². The smallest absolute Gasteiger partial charge is 0.274 e. The van der Waals surface area contributed by atoms with Crippen LogP contribution < -0.4 is 5.32 Å². The Bertz CT molecular complexity index is 441. The first kappa shape index (κ1) is 11.9. The highest BCUT2D eigenvalue weighted by molar-refractivity contribution is 5.99. The number of carbonyl (C=O) groups is 1. The molecule has 0 heterocycles. The summed E-state index contributed by atoms with van der Waals surface area (Å²) in [5, 5.41) is 13.2. The normalized spacial score (nSPS) is 9.56. The van der Waals surface area contributed by atoms with Gasteiger partial charge in [0.05, 0.1) is 4.92 Å². The van der Waals surface area contributed by atoms with Crippen molar-refractivity contribution in [2.75, 3.05) is 5.32 Å². The summed E-state index contributed by atoms with van der Waals surface area (Å²) in [5.41, 5.74) is 1.06. The molecule has 1 aromatic rings. The number of nitro benzene ring substituents is 1. The van der Waals surface area contributed by atoms with Gasteiger partial charge in [-0.3, -0.25) is 14.9 Å². The van der Waals surface area contributed by atoms with E-state index in [1.54, 1.807) is 12.1 Å². The van der Waals surface area contributed by atoms with Crippen LogP contribution in [-0.2, 0) is 11.2 Å². The average molecular weight is 220 g/mol. The lowest BCUT2D eigenvalue weighted by atomic mass is 10.1. The molecule has 0 radical (unpaired) electrons. The van der Waals surface area contributed by atoms with E-state index in [9.17, 15) is 14.9 Å². The van der Waals surface area contributed by atoms with Crippen molar-refractivity contribution in [2.45, 2.75) is 13.3 Å². The van der Waals surface area contributed by atoms with Gasteiger partial charge in [0.15, 0.2) is 0 Å². The van der Waals surface area contributed by atoms with Crippen molar-refractivity contribution in [2.24, 2.45) is 0 Å². The van der Waals surface area contributed by atoms with Gasteiger partial charge in [-0.25, -0.2) is 0 Å². The summed E-state index contributed by atoms with van der Waals surface area (Å²) in [6.45, 7) is 5.14. The predicted molar refractivity (Wildman–Crippen MR) is 61.3 cm³/mol. The van der Waals surface area contributed by atoms with Crippen molar-refractivity contribution < 1.29 is 9.72 Å². The van der Waals surface area contributed by atoms with Crippen LogP contribution in [0.25, 0.3) is 0 Å². The molecule has 0 aliphatic carbocycles. The SMILES string of the molecule is C=CC(=O)Nc1ccc(CC)c([N+](=O)[O-])c1. The van der Waals surface area contributed by atoms with Gasteiger partial charge in [-0.1, -0.05) is 19.6 Å². The minimum absolute atomic E-state index is 0.0179. The van der Waals surface area contributed by atoms with Crippen LogP contribution in [0.2, 0.25) is 0 Å². The van der Waals surface area contributed by atoms with Crippen LogP contribution in [0.3, 0.4) is 0 Å². The molecule has 1 rings (SSSR count). The molecule has 0 saturated carbocycles. The van der Waals surface area contributed by atoms with Crippen LogP contribution in [0.4, 0.5) is 11.4 Å². The molecule has 0 aromatic heterocycles. The number of hydrogen-bond acceptors (Lipinski definition) is 3. The standard InChI is InChI=1S/C11H12N2O3/c1-3-8-5-6-9(12-11(14)4-2)7-10(8)13(15)16/h4-7H,2-3H2,1H3,(H,12,14). The van der Waals surface area contributed by atoms with Crippen molar-refractivity contribution in [3.8, 4) is 0 Å². The molecule has 0 aliphatic rings. The second-order valence-electron chi connectivity index (χ2n) is 3.15. The van der Waals surface area contributed by atoms with Gasteiger partial charge in [0.25, 0.3) is 5.69 Å². The predicted octanol–water partition coefficient (Wildman–Crippen LogP) is 2.28. The number of anilines is 1. The highest BCUT2D eigenvalue weighted by Gasteiger charge is 2.13. The number of aryl methyl sites for hydroxylation is 1. The highest BCUT2D eigenvalue weighted by Crippen LogP contribution is 2.23. The van der Waals surface area contributed by atoms with Gasteiger partial charge in [-0.2, -0.15) is 0 Å². The van der Waals surface area contributed by atoms with Crippen molar-refractivity contribution in [3.63, 3.8) is 0 Å². The zero-order chi connectivity index (χ0) is 12.1. The molecular formula is C11H12N2O3. The summed E-state index contributed by atoms with van der Waals surface area (Å²) in [7, 11) is 0. The molecule has 0 bridgehead atoms. The van der Waals surface area contributed by atoms with E-state index in [2.05, 4.69) is 11.9 Å². The molecule has 0 aliphatic heterocycles. The first-order valence-corrected chi connectivity index (χ1v) is 4.79. The van der Waals surface area contributed by atoms with E-state index in [1.807, 2.05) is 6.92 Å². The Balaban J connectivity index is 3.06. The highest BCUT2D eigenvalue weighted by atomic mass is 16.6. The molecular weight excluding hydrogens is 208 g/mol. The molecule has 5 heteroatoms. The molecule has 1 amide bonds. The molecule has 0 fully saturated rings. The van der Waals surface area contributed by atoms with Gasteiger partial charge in [0.2, 0.25) is 5.91 Å². The molecule has 16 heavy (non-hydrogen) atoms. The van der Waals surface area contributed by atoms with E-state index >= 15 is 0 Å². The zero-order valence-electron chi connectivity index (χ0n) is 8.90. The zero-order valence-corrected chi connectivity index (χ0v) is 8.90. The third-order valence-electron chi connectivity index (χ3n) is 2.12. The fourth-order valence-corrected chi connectivity index (χ4v) is 1.30. The Kier molecular flexibility index (Phi) is 3.77. The second kappa shape index (κ2) is 5.06. The molecule has 0 saturated heterocycles. The number of benzene rings is 1. The van der Waals surface area contributed by atoms with Crippen molar-refractivity contribution in [1.82, 2.24) is 0 Å². The number of nitrogens with one attached hydrogen (secondary N) is 1. The average Bonchev–Trinajstić information content (AvgIpc) is 2.28. The van der Waals surface area contributed by atoms with Gasteiger partial charge >= 0.3 is 0 Å². The summed E-state index contributed by atoms with van der Waals surface area (Å²) in [6, 6.07) is 4.62. The van der Waals surface area contributed by atoms with Gasteiger partial charge < -0.3 is 5.32 Å². The number of amides is 1. The Morgan fingerprint density at radius 2 is 2.31 bits per heavy atom. The summed E-state index contributed by atoms with van der Waals surface area (Å²) < 4.78 is 0. The topological polar surface area (TPSA) is 72.2 Å². The molecule has 5 nitrogen and oxygen atoms in total. The van der Waals surface area contributed by atoms with Crippen molar-refractivity contribution in [1.29, 1.82) is 0 Å². The molecule has 0 atom stereocenters. The lowest BCUT2D eigenvalue weighted by Crippen LogP contribution is -2.07. The van der Waals surface area contributed by atoms with Gasteiger partial charge in [0, 0.05) is 17.3 Å². The van der Waals surface area contributed by atoms with Crippen LogP contribution in [0.15, 0.2) is 30.9 Å². The van der Waals surface area contributed by atoms with Crippen LogP contribution in [0.1, 0.15) is 12.5 Å². The fourth-order valence-electron chi connectivity index (χ4n) is 1.30. The van der Waals surface area contributed by atoms with Crippen LogP contribution in [0, 0.1) is 10.1 Å². The van der Waals surface area contributed by atoms with E-state index in [1.165, 1.54) is 6.07 Å². The molecule has 0 spiro atoms. The van der Waals surface area contributed by atoms with Crippen molar-refractivity contribution in [3.05, 3.63) is 46.5 Å². The Hall–Kier alpha value is -2.17. The number of hydrogen-bond donors (Lipinski definition) is 1. The van der Waals surface area contributed by atoms with Gasteiger partial charge in [-0.15, -0.1) is 0 Å². The maximum atomic E-state index is 11.0. The maximum Gasteiger partial charge on any atom is 0.274 e. The summed E-state index contributed by atoms with van der Waals surface area (Å²) in [6.07, 6.45) is 1.69. The molecule has 84 valence electrons. The summed E-state index contributed by atoms with van der Waals surface area (Å²) in [5.74, 6) is -0.390. The summed E-state index contributed by atoms with van der Waals surface area (Å²) >= 11 is 0. The van der Waals surface area contributed by atoms with Crippen LogP contribution in [-0.4, -0.2) is 10.8 Å². The molecule has 1 N–H and O–H groups in total. The quantitative estimate of drug-likeness (QED) is 0.480. The van der Waals surface area contributed by atoms with E-state index in [0.717, 1.165) is 6.08 Å². The number of carbonyl (C=O) groups excluding carboxylic acids is 1. The third-order valence-corrected chi connectivity index (χ3v) is 2.12. The Morgan fingerprint density at radius 1 is 1.62 bits per heavy atom. The molecule has 0 unspecified atom stereocenters. The lowest BCUT2D eigenvalue weighted by Gasteiger charge is -2.04. The van der Waals surface area contributed by atoms with Gasteiger partial charge in [-0.05, 0) is 18.6 Å². The van der Waals surface area contributed by atoms with E-state index in [0.29, 0.717) is 17.7 Å². The monoisotopic (exact) mass is 220 g/mol. The maximum absolute atomic E-state index is 11.0. The van der Waals surface area contributed by atoms with E-state index < -0.39 is 10.8 Å². The Morgan fingerprint density at radius 3 is 2.81 bits per heavy atom. The minimum atomic E-state index is -0.456. The molecule has 1 aromatic carbocycles. The first-order chi connectivity index (χ1) is 7.58. The van der Waals surface area contributed by atoms with Crippen LogP contribution >= 0.6 is 0 Å². The van der Waals surface area contributed by atoms with E-state index in [4.69, 9.17) is 0 Å². The second-order valence-corrected chi connectivity index (χ2v) is 3.15. The first-order valence-electron chi connectivity index (χ1n) is 4.79. The summed E-state index contributed by atoms with van der Waals surface area (Å²) in [4.78, 5) is 21.3. The van der Waals surface area contributed by atoms with Crippen molar-refractivity contribution >= 4 is 17.3 Å². The largest absolute Gasteiger partial charge is 0.322 e. The lowest BCUT2D eigenvalue weighted by molar-refractivity contribution is -0.385. The van der Waals surface area contributed by atoms with Gasteiger partial charge in [0.1, 0.15) is 0 Å². The number of rotatable bonds is 4. The minimum Gasteiger partial charge on any atom is -0.322 e.